The van der Waals surface area contributed by atoms with Crippen LogP contribution in [0.1, 0.15) is 6.92 Å². The Hall–Kier alpha value is -0.190. The van der Waals surface area contributed by atoms with E-state index < -0.39 is 6.72 Å². The normalized spacial score (nSPS) is 11.3. The highest BCUT2D eigenvalue weighted by Crippen LogP contribution is 2.52. The predicted molar refractivity (Wildman–Crippen MR) is 100 cm³/mol. The Morgan fingerprint density at radius 3 is 1.65 bits per heavy atom. The highest BCUT2D eigenvalue weighted by Gasteiger charge is 2.26. The summed E-state index contributed by atoms with van der Waals surface area (Å²) in [6.45, 7) is -1.09. The van der Waals surface area contributed by atoms with Gasteiger partial charge < -0.3 is 9.05 Å². The molecular weight excluding hydrogens is 421 g/mol. The van der Waals surface area contributed by atoms with Crippen LogP contribution < -0.4 is 9.05 Å². The van der Waals surface area contributed by atoms with Crippen molar-refractivity contribution in [2.75, 3.05) is 6.61 Å². The fraction of sp³-hybridized carbons (Fsp3) is 0.143. The predicted octanol–water partition coefficient (Wildman–Crippen LogP) is 7.02. The van der Waals surface area contributed by atoms with Crippen molar-refractivity contribution < 1.29 is 13.6 Å². The van der Waals surface area contributed by atoms with E-state index in [-0.39, 0.29) is 0 Å². The van der Waals surface area contributed by atoms with E-state index in [1.165, 1.54) is 0 Å². The molecule has 3 nitrogen and oxygen atoms in total. The summed E-state index contributed by atoms with van der Waals surface area (Å²) < 4.78 is 16.9. The maximum atomic E-state index is 6.10. The summed E-state index contributed by atoms with van der Waals surface area (Å²) in [5, 5.41) is 1.57. The zero-order chi connectivity index (χ0) is 17.0. The van der Waals surface area contributed by atoms with Gasteiger partial charge >= 0.3 is 6.72 Å². The van der Waals surface area contributed by atoms with Crippen LogP contribution in [-0.2, 0) is 16.3 Å². The third-order valence-corrected chi connectivity index (χ3v) is 5.73. The topological polar surface area (TPSA) is 27.7 Å². The van der Waals surface area contributed by atoms with Crippen molar-refractivity contribution in [1.29, 1.82) is 0 Å². The molecule has 0 bridgehead atoms. The maximum Gasteiger partial charge on any atom is 0.435 e. The standard InChI is InChI=1S/C14H11Cl4O3PS/c1-2-19-22(23,20-13-5-3-9(15)7-11(13)17)21-14-6-4-10(16)8-12(14)18/h3-8H,2H2,1H3. The molecule has 124 valence electrons. The summed E-state index contributed by atoms with van der Waals surface area (Å²) in [6.07, 6.45) is 0. The molecule has 0 heterocycles. The lowest BCUT2D eigenvalue weighted by Crippen LogP contribution is -2.05. The molecule has 0 N–H and O–H groups in total. The summed E-state index contributed by atoms with van der Waals surface area (Å²) in [7, 11) is 0. The van der Waals surface area contributed by atoms with E-state index in [2.05, 4.69) is 0 Å². The van der Waals surface area contributed by atoms with Crippen LogP contribution in [0.5, 0.6) is 11.5 Å². The minimum atomic E-state index is -3.17. The molecule has 0 aliphatic rings. The molecule has 9 heteroatoms. The van der Waals surface area contributed by atoms with E-state index in [1.807, 2.05) is 0 Å². The third kappa shape index (κ3) is 5.40. The van der Waals surface area contributed by atoms with Crippen LogP contribution in [0, 0.1) is 0 Å². The van der Waals surface area contributed by atoms with Crippen LogP contribution in [0.3, 0.4) is 0 Å². The molecule has 0 saturated carbocycles. The zero-order valence-corrected chi connectivity index (χ0v) is 16.5. The quantitative estimate of drug-likeness (QED) is 0.459. The summed E-state index contributed by atoms with van der Waals surface area (Å²) in [4.78, 5) is 0. The molecule has 0 atom stereocenters. The Bertz CT molecular complexity index is 699. The Morgan fingerprint density at radius 1 is 0.870 bits per heavy atom. The minimum absolute atomic E-state index is 0.299. The molecule has 23 heavy (non-hydrogen) atoms. The van der Waals surface area contributed by atoms with Gasteiger partial charge in [0.15, 0.2) is 0 Å². The first kappa shape index (κ1) is 19.1. The van der Waals surface area contributed by atoms with Gasteiger partial charge in [-0.05, 0) is 43.3 Å². The lowest BCUT2D eigenvalue weighted by molar-refractivity contribution is 0.277. The number of rotatable bonds is 6. The molecule has 0 radical (unpaired) electrons. The average Bonchev–Trinajstić information content (AvgIpc) is 2.46. The first-order valence-electron chi connectivity index (χ1n) is 6.37. The van der Waals surface area contributed by atoms with E-state index in [0.717, 1.165) is 0 Å². The van der Waals surface area contributed by atoms with Gasteiger partial charge in [-0.25, -0.2) is 0 Å². The van der Waals surface area contributed by atoms with Crippen molar-refractivity contribution in [3.05, 3.63) is 56.5 Å². The lowest BCUT2D eigenvalue weighted by Gasteiger charge is -2.23. The van der Waals surface area contributed by atoms with Crippen molar-refractivity contribution >= 4 is 64.9 Å². The minimum Gasteiger partial charge on any atom is -0.414 e. The van der Waals surface area contributed by atoms with Gasteiger partial charge in [-0.15, -0.1) is 0 Å². The molecule has 0 aliphatic heterocycles. The Morgan fingerprint density at radius 2 is 1.30 bits per heavy atom. The first-order chi connectivity index (χ1) is 10.8. The van der Waals surface area contributed by atoms with Crippen LogP contribution in [0.15, 0.2) is 36.4 Å². The second-order valence-electron chi connectivity index (χ2n) is 4.20. The number of hydrogen-bond acceptors (Lipinski definition) is 4. The van der Waals surface area contributed by atoms with E-state index in [0.29, 0.717) is 38.2 Å². The summed E-state index contributed by atoms with van der Waals surface area (Å²) in [5.41, 5.74) is 0. The van der Waals surface area contributed by atoms with Gasteiger partial charge in [-0.2, -0.15) is 0 Å². The zero-order valence-electron chi connectivity index (χ0n) is 11.8. The van der Waals surface area contributed by atoms with E-state index >= 15 is 0 Å². The monoisotopic (exact) mass is 430 g/mol. The Balaban J connectivity index is 2.29. The molecule has 0 saturated heterocycles. The van der Waals surface area contributed by atoms with Crippen molar-refractivity contribution in [3.63, 3.8) is 0 Å². The lowest BCUT2D eigenvalue weighted by atomic mass is 10.3. The van der Waals surface area contributed by atoms with E-state index in [1.54, 1.807) is 43.3 Å². The first-order valence-corrected chi connectivity index (χ1v) is 10.4. The molecule has 0 fully saturated rings. The molecule has 0 aromatic heterocycles. The van der Waals surface area contributed by atoms with Crippen molar-refractivity contribution in [2.45, 2.75) is 6.92 Å². The van der Waals surface area contributed by atoms with Crippen LogP contribution in [0.2, 0.25) is 20.1 Å². The number of halogens is 4. The van der Waals surface area contributed by atoms with Gasteiger partial charge in [0.1, 0.15) is 11.5 Å². The van der Waals surface area contributed by atoms with E-state index in [9.17, 15) is 0 Å². The van der Waals surface area contributed by atoms with Gasteiger partial charge in [0, 0.05) is 21.9 Å². The summed E-state index contributed by atoms with van der Waals surface area (Å²) >= 11 is 29.3. The largest absolute Gasteiger partial charge is 0.435 e. The van der Waals surface area contributed by atoms with Crippen LogP contribution in [-0.4, -0.2) is 6.61 Å². The van der Waals surface area contributed by atoms with Crippen molar-refractivity contribution in [1.82, 2.24) is 0 Å². The number of benzene rings is 2. The Labute approximate surface area is 159 Å². The Kier molecular flexibility index (Phi) is 6.88. The molecule has 0 unspecified atom stereocenters. The van der Waals surface area contributed by atoms with Crippen LogP contribution >= 0.6 is 53.1 Å². The average molecular weight is 432 g/mol. The molecule has 2 rings (SSSR count). The SMILES string of the molecule is CCOP(=S)(Oc1ccc(Cl)cc1Cl)Oc1ccc(Cl)cc1Cl. The highest BCUT2D eigenvalue weighted by atomic mass is 35.5. The molecule has 0 spiro atoms. The van der Waals surface area contributed by atoms with Crippen molar-refractivity contribution in [2.24, 2.45) is 0 Å². The maximum absolute atomic E-state index is 6.10. The van der Waals surface area contributed by atoms with Gasteiger partial charge in [0.05, 0.1) is 16.7 Å². The van der Waals surface area contributed by atoms with Gasteiger partial charge in [0.2, 0.25) is 0 Å². The van der Waals surface area contributed by atoms with Gasteiger partial charge in [0.25, 0.3) is 0 Å². The summed E-state index contributed by atoms with van der Waals surface area (Å²) in [6, 6.07) is 9.53. The number of hydrogen-bond donors (Lipinski definition) is 0. The molecule has 2 aromatic carbocycles. The van der Waals surface area contributed by atoms with Crippen LogP contribution in [0.4, 0.5) is 0 Å². The fourth-order valence-corrected chi connectivity index (χ4v) is 4.63. The highest BCUT2D eigenvalue weighted by molar-refractivity contribution is 8.07. The van der Waals surface area contributed by atoms with Crippen LogP contribution in [0.25, 0.3) is 0 Å². The molecule has 0 aliphatic carbocycles. The van der Waals surface area contributed by atoms with Gasteiger partial charge in [-0.3, -0.25) is 4.52 Å². The van der Waals surface area contributed by atoms with Gasteiger partial charge in [-0.1, -0.05) is 46.4 Å². The fourth-order valence-electron chi connectivity index (χ4n) is 1.57. The summed E-state index contributed by atoms with van der Waals surface area (Å²) in [5.74, 6) is 0.635. The van der Waals surface area contributed by atoms with E-state index in [4.69, 9.17) is 71.8 Å². The third-order valence-electron chi connectivity index (χ3n) is 2.50. The smallest absolute Gasteiger partial charge is 0.414 e. The second-order valence-corrected chi connectivity index (χ2v) is 8.74. The van der Waals surface area contributed by atoms with Crippen molar-refractivity contribution in [3.8, 4) is 11.5 Å². The molecular formula is C14H11Cl4O3PS. The molecule has 2 aromatic rings. The molecule has 0 amide bonds. The second kappa shape index (κ2) is 8.26.